The van der Waals surface area contributed by atoms with Crippen LogP contribution in [0.3, 0.4) is 0 Å². The maximum Gasteiger partial charge on any atom is 0.356 e. The van der Waals surface area contributed by atoms with E-state index in [0.717, 1.165) is 32.1 Å². The summed E-state index contributed by atoms with van der Waals surface area (Å²) in [6.07, 6.45) is 4.46. The number of halogens is 2. The first kappa shape index (κ1) is 23.2. The molecule has 1 aromatic heterocycles. The third-order valence-corrected chi connectivity index (χ3v) is 6.50. The quantitative estimate of drug-likeness (QED) is 0.693. The molecule has 2 aromatic rings. The van der Waals surface area contributed by atoms with Crippen LogP contribution in [0.2, 0.25) is 10.0 Å². The van der Waals surface area contributed by atoms with E-state index in [-0.39, 0.29) is 33.9 Å². The van der Waals surface area contributed by atoms with E-state index in [9.17, 15) is 9.59 Å². The number of hydrogen-bond acceptors (Lipinski definition) is 5. The zero-order chi connectivity index (χ0) is 22.7. The van der Waals surface area contributed by atoms with E-state index >= 15 is 0 Å². The van der Waals surface area contributed by atoms with E-state index in [1.54, 1.807) is 17.0 Å². The fourth-order valence-electron chi connectivity index (χ4n) is 3.61. The molecule has 166 valence electrons. The van der Waals surface area contributed by atoms with E-state index < -0.39 is 5.97 Å². The van der Waals surface area contributed by atoms with Crippen LogP contribution in [0.25, 0.3) is 11.3 Å². The lowest BCUT2D eigenvalue weighted by Gasteiger charge is -2.35. The van der Waals surface area contributed by atoms with Crippen molar-refractivity contribution in [3.8, 4) is 11.3 Å². The lowest BCUT2D eigenvalue weighted by molar-refractivity contribution is 0.0690. The molecule has 0 radical (unpaired) electrons. The van der Waals surface area contributed by atoms with Crippen molar-refractivity contribution in [2.75, 3.05) is 27.2 Å². The Balaban J connectivity index is 1.75. The highest BCUT2D eigenvalue weighted by Gasteiger charge is 2.26. The van der Waals surface area contributed by atoms with Crippen molar-refractivity contribution in [3.63, 3.8) is 0 Å². The zero-order valence-electron chi connectivity index (χ0n) is 17.6. The Bertz CT molecular complexity index is 979. The van der Waals surface area contributed by atoms with E-state index in [4.69, 9.17) is 28.3 Å². The van der Waals surface area contributed by atoms with Crippen molar-refractivity contribution in [1.29, 1.82) is 0 Å². The predicted octanol–water partition coefficient (Wildman–Crippen LogP) is 3.95. The summed E-state index contributed by atoms with van der Waals surface area (Å²) in [6.45, 7) is 3.77. The number of rotatable bonds is 5. The molecule has 10 heteroatoms. The van der Waals surface area contributed by atoms with Crippen LogP contribution < -0.4 is 5.32 Å². The van der Waals surface area contributed by atoms with Gasteiger partial charge in [-0.05, 0) is 45.5 Å². The number of hydrogen-bond donors (Lipinski definition) is 2. The summed E-state index contributed by atoms with van der Waals surface area (Å²) in [4.78, 5) is 35.9. The van der Waals surface area contributed by atoms with Crippen molar-refractivity contribution in [3.05, 3.63) is 45.8 Å². The minimum Gasteiger partial charge on any atom is -0.476 e. The second-order valence-electron chi connectivity index (χ2n) is 7.74. The van der Waals surface area contributed by atoms with Gasteiger partial charge in [0.1, 0.15) is 0 Å². The van der Waals surface area contributed by atoms with E-state index in [0.29, 0.717) is 16.8 Å². The number of piperidine rings is 1. The number of aromatic carboxylic acids is 1. The number of carbonyl (C=O) groups excluding carboxylic acids is 1. The Hall–Kier alpha value is -2.42. The van der Waals surface area contributed by atoms with Crippen LogP contribution in [0, 0.1) is 0 Å². The van der Waals surface area contributed by atoms with Gasteiger partial charge in [0.15, 0.2) is 5.69 Å². The van der Waals surface area contributed by atoms with Gasteiger partial charge in [-0.15, -0.1) is 0 Å². The standard InChI is InChI=1S/C21H25Cl2N5O3/c1-12(25-21(31)28(3)13-6-8-27(2)9-7-13)14-4-5-15(19(23)18(14)22)16-10-24-11-17(26-16)20(29)30/h4-5,10-13H,6-9H2,1-3H3,(H,25,31)(H,29,30). The van der Waals surface area contributed by atoms with Gasteiger partial charge in [0.2, 0.25) is 0 Å². The molecule has 1 fully saturated rings. The first-order valence-electron chi connectivity index (χ1n) is 9.94. The van der Waals surface area contributed by atoms with Gasteiger partial charge in [0, 0.05) is 18.7 Å². The van der Waals surface area contributed by atoms with Crippen molar-refractivity contribution in [1.82, 2.24) is 25.1 Å². The molecule has 2 N–H and O–H groups in total. The Morgan fingerprint density at radius 2 is 1.90 bits per heavy atom. The monoisotopic (exact) mass is 465 g/mol. The fourth-order valence-corrected chi connectivity index (χ4v) is 4.21. The molecule has 3 rings (SSSR count). The van der Waals surface area contributed by atoms with Crippen molar-refractivity contribution in [2.24, 2.45) is 0 Å². The SMILES string of the molecule is CC(NC(=O)N(C)C1CCN(C)CC1)c1ccc(-c2cncc(C(=O)O)n2)c(Cl)c1Cl. The number of benzene rings is 1. The van der Waals surface area contributed by atoms with Crippen LogP contribution in [0.1, 0.15) is 41.9 Å². The van der Waals surface area contributed by atoms with E-state index in [1.807, 2.05) is 14.0 Å². The average Bonchev–Trinajstić information content (AvgIpc) is 2.75. The average molecular weight is 466 g/mol. The van der Waals surface area contributed by atoms with E-state index in [2.05, 4.69) is 27.2 Å². The number of carbonyl (C=O) groups is 2. The zero-order valence-corrected chi connectivity index (χ0v) is 19.1. The molecule has 0 saturated carbocycles. The smallest absolute Gasteiger partial charge is 0.356 e. The highest BCUT2D eigenvalue weighted by Crippen LogP contribution is 2.37. The Kier molecular flexibility index (Phi) is 7.35. The van der Waals surface area contributed by atoms with Crippen molar-refractivity contribution >= 4 is 35.2 Å². The van der Waals surface area contributed by atoms with Crippen molar-refractivity contribution in [2.45, 2.75) is 31.8 Å². The van der Waals surface area contributed by atoms with Gasteiger partial charge in [0.05, 0.1) is 34.2 Å². The fraction of sp³-hybridized carbons (Fsp3) is 0.429. The maximum absolute atomic E-state index is 12.7. The van der Waals surface area contributed by atoms with Gasteiger partial charge in [-0.25, -0.2) is 14.6 Å². The molecule has 1 aromatic carbocycles. The molecule has 1 aliphatic rings. The molecule has 0 aliphatic carbocycles. The normalized spacial score (nSPS) is 16.0. The van der Waals surface area contributed by atoms with Crippen LogP contribution >= 0.6 is 23.2 Å². The molecule has 2 amide bonds. The molecule has 0 bridgehead atoms. The van der Waals surface area contributed by atoms with E-state index in [1.165, 1.54) is 6.20 Å². The molecule has 1 aliphatic heterocycles. The predicted molar refractivity (Wildman–Crippen MR) is 120 cm³/mol. The highest BCUT2D eigenvalue weighted by atomic mass is 35.5. The maximum atomic E-state index is 12.7. The summed E-state index contributed by atoms with van der Waals surface area (Å²) in [5, 5.41) is 12.6. The number of carboxylic acid groups (broad SMARTS) is 1. The van der Waals surface area contributed by atoms with Crippen LogP contribution in [0.4, 0.5) is 4.79 Å². The molecular weight excluding hydrogens is 441 g/mol. The topological polar surface area (TPSA) is 98.7 Å². The number of carboxylic acids is 1. The number of likely N-dealkylation sites (tertiary alicyclic amines) is 1. The molecular formula is C21H25Cl2N5O3. The molecule has 8 nitrogen and oxygen atoms in total. The Morgan fingerprint density at radius 1 is 1.23 bits per heavy atom. The number of amides is 2. The van der Waals surface area contributed by atoms with Gasteiger partial charge >= 0.3 is 12.0 Å². The summed E-state index contributed by atoms with van der Waals surface area (Å²) in [7, 11) is 3.89. The number of nitrogens with zero attached hydrogens (tertiary/aromatic N) is 4. The van der Waals surface area contributed by atoms with Crippen LogP contribution in [0.15, 0.2) is 24.5 Å². The molecule has 1 atom stereocenters. The Labute approximate surface area is 191 Å². The number of aromatic nitrogens is 2. The van der Waals surface area contributed by atoms with Gasteiger partial charge in [0.25, 0.3) is 0 Å². The Morgan fingerprint density at radius 3 is 2.55 bits per heavy atom. The van der Waals surface area contributed by atoms with Crippen LogP contribution in [0.5, 0.6) is 0 Å². The lowest BCUT2D eigenvalue weighted by Crippen LogP contribution is -2.48. The second-order valence-corrected chi connectivity index (χ2v) is 8.50. The molecule has 2 heterocycles. The van der Waals surface area contributed by atoms with Crippen molar-refractivity contribution < 1.29 is 14.7 Å². The van der Waals surface area contributed by atoms with Crippen LogP contribution in [-0.4, -0.2) is 70.1 Å². The molecule has 31 heavy (non-hydrogen) atoms. The minimum atomic E-state index is -1.18. The van der Waals surface area contributed by atoms with Crippen LogP contribution in [-0.2, 0) is 0 Å². The summed E-state index contributed by atoms with van der Waals surface area (Å²) < 4.78 is 0. The third-order valence-electron chi connectivity index (χ3n) is 5.60. The molecule has 1 saturated heterocycles. The molecule has 1 unspecified atom stereocenters. The summed E-state index contributed by atoms with van der Waals surface area (Å²) in [5.74, 6) is -1.18. The largest absolute Gasteiger partial charge is 0.476 e. The second kappa shape index (κ2) is 9.80. The molecule has 0 spiro atoms. The highest BCUT2D eigenvalue weighted by molar-refractivity contribution is 6.44. The van der Waals surface area contributed by atoms with Gasteiger partial charge in [-0.3, -0.25) is 4.98 Å². The third kappa shape index (κ3) is 5.26. The number of urea groups is 1. The summed E-state index contributed by atoms with van der Waals surface area (Å²) in [6, 6.07) is 3.10. The summed E-state index contributed by atoms with van der Waals surface area (Å²) in [5.41, 5.74) is 1.24. The first-order valence-corrected chi connectivity index (χ1v) is 10.7. The van der Waals surface area contributed by atoms with Gasteiger partial charge < -0.3 is 20.2 Å². The minimum absolute atomic E-state index is 0.168. The lowest BCUT2D eigenvalue weighted by atomic mass is 10.0. The van der Waals surface area contributed by atoms with Gasteiger partial charge in [-0.2, -0.15) is 0 Å². The van der Waals surface area contributed by atoms with Gasteiger partial charge in [-0.1, -0.05) is 35.3 Å². The number of nitrogens with one attached hydrogen (secondary N) is 1. The first-order chi connectivity index (χ1) is 14.7. The summed E-state index contributed by atoms with van der Waals surface area (Å²) >= 11 is 13.0.